The van der Waals surface area contributed by atoms with Crippen LogP contribution in [0.3, 0.4) is 0 Å². The quantitative estimate of drug-likeness (QED) is 0.254. The molecule has 1 aliphatic heterocycles. The van der Waals surface area contributed by atoms with Gasteiger partial charge >= 0.3 is 0 Å². The molecule has 0 aliphatic carbocycles. The number of piperazine rings is 1. The van der Waals surface area contributed by atoms with Crippen molar-refractivity contribution in [2.45, 2.75) is 33.2 Å². The van der Waals surface area contributed by atoms with Gasteiger partial charge in [0, 0.05) is 39.3 Å². The van der Waals surface area contributed by atoms with E-state index >= 15 is 0 Å². The fraction of sp³-hybridized carbons (Fsp3) is 0.650. The smallest absolute Gasteiger partial charge is 0.191 e. The molecule has 0 aromatic heterocycles. The van der Waals surface area contributed by atoms with Crippen molar-refractivity contribution in [2.75, 3.05) is 52.9 Å². The fourth-order valence-corrected chi connectivity index (χ4v) is 2.99. The van der Waals surface area contributed by atoms with E-state index in [0.29, 0.717) is 12.1 Å². The number of rotatable bonds is 8. The molecule has 0 unspecified atom stereocenters. The first-order valence-electron chi connectivity index (χ1n) is 9.76. The molecule has 0 amide bonds. The van der Waals surface area contributed by atoms with Gasteiger partial charge in [0.25, 0.3) is 0 Å². The lowest BCUT2D eigenvalue weighted by Crippen LogP contribution is -2.44. The van der Waals surface area contributed by atoms with Gasteiger partial charge < -0.3 is 20.4 Å². The Morgan fingerprint density at radius 3 is 2.56 bits per heavy atom. The van der Waals surface area contributed by atoms with Crippen molar-refractivity contribution in [3.63, 3.8) is 0 Å². The SMILES string of the molecule is CCNC(=NCc1ccc(C)c(F)c1)NCCCCN1CCN(C)CC1.I. The number of halogens is 2. The highest BCUT2D eigenvalue weighted by Gasteiger charge is 2.12. The van der Waals surface area contributed by atoms with E-state index in [2.05, 4.69) is 39.4 Å². The van der Waals surface area contributed by atoms with Gasteiger partial charge in [-0.3, -0.25) is 0 Å². The molecule has 2 N–H and O–H groups in total. The number of aryl methyl sites for hydroxylation is 1. The van der Waals surface area contributed by atoms with Crippen LogP contribution >= 0.6 is 24.0 Å². The summed E-state index contributed by atoms with van der Waals surface area (Å²) in [6.07, 6.45) is 2.31. The highest BCUT2D eigenvalue weighted by atomic mass is 127. The lowest BCUT2D eigenvalue weighted by molar-refractivity contribution is 0.152. The van der Waals surface area contributed by atoms with Crippen LogP contribution in [0.1, 0.15) is 30.9 Å². The standard InChI is InChI=1S/C20H34FN5.HI/c1-4-22-20(24-16-18-8-7-17(2)19(21)15-18)23-9-5-6-10-26-13-11-25(3)12-14-26;/h7-8,15H,4-6,9-14,16H2,1-3H3,(H2,22,23,24);1H. The minimum atomic E-state index is -0.167. The fourth-order valence-electron chi connectivity index (χ4n) is 2.99. The summed E-state index contributed by atoms with van der Waals surface area (Å²) < 4.78 is 13.6. The van der Waals surface area contributed by atoms with Gasteiger partial charge in [0.2, 0.25) is 0 Å². The van der Waals surface area contributed by atoms with E-state index in [4.69, 9.17) is 0 Å². The summed E-state index contributed by atoms with van der Waals surface area (Å²) in [6, 6.07) is 5.30. The molecule has 1 aromatic rings. The van der Waals surface area contributed by atoms with Gasteiger partial charge in [0.05, 0.1) is 6.54 Å². The van der Waals surface area contributed by atoms with Crippen LogP contribution in [0.4, 0.5) is 4.39 Å². The highest BCUT2D eigenvalue weighted by Crippen LogP contribution is 2.10. The van der Waals surface area contributed by atoms with Crippen LogP contribution in [0, 0.1) is 12.7 Å². The van der Waals surface area contributed by atoms with Gasteiger partial charge in [-0.1, -0.05) is 12.1 Å². The number of unbranched alkanes of at least 4 members (excludes halogenated alkanes) is 1. The third-order valence-electron chi connectivity index (χ3n) is 4.79. The molecule has 7 heteroatoms. The van der Waals surface area contributed by atoms with Crippen molar-refractivity contribution >= 4 is 29.9 Å². The van der Waals surface area contributed by atoms with Crippen molar-refractivity contribution in [3.8, 4) is 0 Å². The molecule has 27 heavy (non-hydrogen) atoms. The molecular formula is C20H35FIN5. The average molecular weight is 491 g/mol. The number of guanidine groups is 1. The Morgan fingerprint density at radius 1 is 1.15 bits per heavy atom. The van der Waals surface area contributed by atoms with E-state index in [9.17, 15) is 4.39 Å². The van der Waals surface area contributed by atoms with Gasteiger partial charge in [0.15, 0.2) is 5.96 Å². The van der Waals surface area contributed by atoms with E-state index in [1.165, 1.54) is 39.1 Å². The van der Waals surface area contributed by atoms with Gasteiger partial charge in [0.1, 0.15) is 5.82 Å². The second-order valence-corrected chi connectivity index (χ2v) is 7.06. The second-order valence-electron chi connectivity index (χ2n) is 7.06. The Morgan fingerprint density at radius 2 is 1.89 bits per heavy atom. The molecular weight excluding hydrogens is 456 g/mol. The number of hydrogen-bond acceptors (Lipinski definition) is 3. The Labute approximate surface area is 180 Å². The summed E-state index contributed by atoms with van der Waals surface area (Å²) in [7, 11) is 2.19. The van der Waals surface area contributed by atoms with Crippen LogP contribution in [0.25, 0.3) is 0 Å². The average Bonchev–Trinajstić information content (AvgIpc) is 2.63. The Balaban J connectivity index is 0.00000364. The summed E-state index contributed by atoms with van der Waals surface area (Å²) in [6.45, 7) is 11.9. The number of nitrogens with one attached hydrogen (secondary N) is 2. The number of nitrogens with zero attached hydrogens (tertiary/aromatic N) is 3. The molecule has 1 aliphatic rings. The van der Waals surface area contributed by atoms with Crippen molar-refractivity contribution < 1.29 is 4.39 Å². The molecule has 1 saturated heterocycles. The Bertz CT molecular complexity index is 573. The third kappa shape index (κ3) is 9.21. The second kappa shape index (κ2) is 13.3. The Kier molecular flexibility index (Phi) is 11.9. The molecule has 1 fully saturated rings. The van der Waals surface area contributed by atoms with Crippen LogP contribution in [-0.4, -0.2) is 68.6 Å². The van der Waals surface area contributed by atoms with E-state index < -0.39 is 0 Å². The van der Waals surface area contributed by atoms with Crippen molar-refractivity contribution in [2.24, 2.45) is 4.99 Å². The van der Waals surface area contributed by atoms with Crippen molar-refractivity contribution in [3.05, 3.63) is 35.1 Å². The minimum absolute atomic E-state index is 0. The maximum atomic E-state index is 13.6. The molecule has 0 bridgehead atoms. The van der Waals surface area contributed by atoms with Crippen LogP contribution in [0.5, 0.6) is 0 Å². The number of benzene rings is 1. The zero-order chi connectivity index (χ0) is 18.8. The summed E-state index contributed by atoms with van der Waals surface area (Å²) in [4.78, 5) is 9.50. The monoisotopic (exact) mass is 491 g/mol. The minimum Gasteiger partial charge on any atom is -0.357 e. The summed E-state index contributed by atoms with van der Waals surface area (Å²) in [5.74, 6) is 0.632. The first-order chi connectivity index (χ1) is 12.6. The summed E-state index contributed by atoms with van der Waals surface area (Å²) in [5, 5.41) is 6.63. The Hall–Kier alpha value is -0.930. The summed E-state index contributed by atoms with van der Waals surface area (Å²) >= 11 is 0. The maximum Gasteiger partial charge on any atom is 0.191 e. The van der Waals surface area contributed by atoms with Gasteiger partial charge in [-0.15, -0.1) is 24.0 Å². The lowest BCUT2D eigenvalue weighted by Gasteiger charge is -2.32. The van der Waals surface area contributed by atoms with Gasteiger partial charge in [-0.2, -0.15) is 0 Å². The van der Waals surface area contributed by atoms with Crippen molar-refractivity contribution in [1.29, 1.82) is 0 Å². The van der Waals surface area contributed by atoms with Crippen molar-refractivity contribution in [1.82, 2.24) is 20.4 Å². The van der Waals surface area contributed by atoms with E-state index in [-0.39, 0.29) is 29.8 Å². The largest absolute Gasteiger partial charge is 0.357 e. The predicted octanol–water partition coefficient (Wildman–Crippen LogP) is 2.83. The normalized spacial score (nSPS) is 16.1. The molecule has 0 radical (unpaired) electrons. The predicted molar refractivity (Wildman–Crippen MR) is 123 cm³/mol. The van der Waals surface area contributed by atoms with Gasteiger partial charge in [-0.25, -0.2) is 9.38 Å². The molecule has 0 atom stereocenters. The van der Waals surface area contributed by atoms with Gasteiger partial charge in [-0.05, 0) is 57.5 Å². The topological polar surface area (TPSA) is 42.9 Å². The van der Waals surface area contributed by atoms with Crippen LogP contribution in [0.15, 0.2) is 23.2 Å². The number of aliphatic imine (C=N–C) groups is 1. The zero-order valence-electron chi connectivity index (χ0n) is 16.9. The number of hydrogen-bond donors (Lipinski definition) is 2. The van der Waals surface area contributed by atoms with E-state index in [0.717, 1.165) is 31.0 Å². The van der Waals surface area contributed by atoms with Crippen LogP contribution < -0.4 is 10.6 Å². The molecule has 5 nitrogen and oxygen atoms in total. The highest BCUT2D eigenvalue weighted by molar-refractivity contribution is 14.0. The van der Waals surface area contributed by atoms with Crippen LogP contribution in [0.2, 0.25) is 0 Å². The molecule has 2 rings (SSSR count). The third-order valence-corrected chi connectivity index (χ3v) is 4.79. The first-order valence-corrected chi connectivity index (χ1v) is 9.76. The molecule has 0 saturated carbocycles. The molecule has 1 heterocycles. The van der Waals surface area contributed by atoms with E-state index in [1.807, 2.05) is 6.07 Å². The first kappa shape index (κ1) is 24.1. The molecule has 154 valence electrons. The number of likely N-dealkylation sites (N-methyl/N-ethyl adjacent to an activating group) is 1. The summed E-state index contributed by atoms with van der Waals surface area (Å²) in [5.41, 5.74) is 1.56. The molecule has 1 aromatic carbocycles. The lowest BCUT2D eigenvalue weighted by atomic mass is 10.1. The maximum absolute atomic E-state index is 13.6. The zero-order valence-corrected chi connectivity index (χ0v) is 19.3. The van der Waals surface area contributed by atoms with E-state index in [1.54, 1.807) is 19.1 Å². The van der Waals surface area contributed by atoms with Crippen LogP contribution in [-0.2, 0) is 6.54 Å². The molecule has 0 spiro atoms.